The Morgan fingerprint density at radius 2 is 1.85 bits per heavy atom. The predicted octanol–water partition coefficient (Wildman–Crippen LogP) is 2.35. The van der Waals surface area contributed by atoms with Crippen LogP contribution < -0.4 is 5.32 Å². The molecule has 2 heterocycles. The molecule has 0 saturated carbocycles. The second kappa shape index (κ2) is 11.4. The molecule has 0 amide bonds. The summed E-state index contributed by atoms with van der Waals surface area (Å²) in [4.78, 5) is 21.7. The van der Waals surface area contributed by atoms with Crippen molar-refractivity contribution < 1.29 is 9.53 Å². The van der Waals surface area contributed by atoms with E-state index in [0.29, 0.717) is 12.5 Å². The minimum Gasteiger partial charge on any atom is -0.466 e. The van der Waals surface area contributed by atoms with Gasteiger partial charge in [-0.05, 0) is 58.5 Å². The van der Waals surface area contributed by atoms with Crippen molar-refractivity contribution in [3.05, 3.63) is 0 Å². The van der Waals surface area contributed by atoms with Crippen molar-refractivity contribution in [3.8, 4) is 0 Å². The lowest BCUT2D eigenvalue weighted by molar-refractivity contribution is -0.149. The molecule has 0 bridgehead atoms. The molecule has 1 atom stereocenters. The average molecular weight is 367 g/mol. The van der Waals surface area contributed by atoms with Gasteiger partial charge in [-0.15, -0.1) is 0 Å². The van der Waals surface area contributed by atoms with E-state index in [2.05, 4.69) is 29.0 Å². The number of aliphatic imine (C=N–C) groups is 1. The summed E-state index contributed by atoms with van der Waals surface area (Å²) < 4.78 is 5.17. The Bertz CT molecular complexity index is 441. The van der Waals surface area contributed by atoms with Gasteiger partial charge in [-0.25, -0.2) is 0 Å². The van der Waals surface area contributed by atoms with Crippen molar-refractivity contribution in [3.63, 3.8) is 0 Å². The number of ether oxygens (including phenoxy) is 1. The number of nitrogens with one attached hydrogen (secondary N) is 1. The Morgan fingerprint density at radius 1 is 1.15 bits per heavy atom. The van der Waals surface area contributed by atoms with E-state index in [1.165, 1.54) is 32.4 Å². The van der Waals surface area contributed by atoms with Crippen LogP contribution in [-0.4, -0.2) is 74.1 Å². The van der Waals surface area contributed by atoms with E-state index in [1.54, 1.807) is 0 Å². The zero-order chi connectivity index (χ0) is 18.8. The highest BCUT2D eigenvalue weighted by atomic mass is 16.5. The Labute approximate surface area is 159 Å². The Hall–Kier alpha value is -1.30. The molecule has 6 heteroatoms. The molecule has 2 fully saturated rings. The number of esters is 1. The quantitative estimate of drug-likeness (QED) is 0.426. The minimum absolute atomic E-state index is 0.0377. The van der Waals surface area contributed by atoms with Crippen LogP contribution in [0.3, 0.4) is 0 Å². The van der Waals surface area contributed by atoms with E-state index in [9.17, 15) is 4.79 Å². The molecule has 0 spiro atoms. The largest absolute Gasteiger partial charge is 0.466 e. The summed E-state index contributed by atoms with van der Waals surface area (Å²) >= 11 is 0. The Morgan fingerprint density at radius 3 is 2.46 bits per heavy atom. The third-order valence-corrected chi connectivity index (χ3v) is 5.32. The van der Waals surface area contributed by atoms with Crippen molar-refractivity contribution in [2.45, 2.75) is 52.9 Å². The van der Waals surface area contributed by atoms with Crippen LogP contribution in [0.1, 0.15) is 52.9 Å². The van der Waals surface area contributed by atoms with Gasteiger partial charge in [0, 0.05) is 32.7 Å². The van der Waals surface area contributed by atoms with Crippen molar-refractivity contribution in [1.82, 2.24) is 15.1 Å². The van der Waals surface area contributed by atoms with Crippen molar-refractivity contribution in [2.75, 3.05) is 52.4 Å². The fourth-order valence-electron chi connectivity index (χ4n) is 3.90. The van der Waals surface area contributed by atoms with Gasteiger partial charge in [-0.2, -0.15) is 0 Å². The number of carbonyl (C=O) groups excluding carboxylic acids is 1. The first kappa shape index (κ1) is 21.0. The maximum Gasteiger partial charge on any atom is 0.309 e. The van der Waals surface area contributed by atoms with E-state index in [0.717, 1.165) is 51.5 Å². The fourth-order valence-corrected chi connectivity index (χ4v) is 3.90. The smallest absolute Gasteiger partial charge is 0.309 e. The molecule has 2 rings (SSSR count). The fraction of sp³-hybridized carbons (Fsp3) is 0.900. The summed E-state index contributed by atoms with van der Waals surface area (Å²) in [6, 6.07) is 0. The van der Waals surface area contributed by atoms with Crippen molar-refractivity contribution in [2.24, 2.45) is 16.8 Å². The SMILES string of the molecule is CCNC(=NCC(C)CN1CCCCC1)N1CCC(C(=O)OCC)CC1. The third kappa shape index (κ3) is 6.78. The van der Waals surface area contributed by atoms with Crippen LogP contribution in [0.5, 0.6) is 0 Å². The summed E-state index contributed by atoms with van der Waals surface area (Å²) in [6.07, 6.45) is 5.77. The number of hydrogen-bond donors (Lipinski definition) is 1. The second-order valence-corrected chi connectivity index (χ2v) is 7.67. The molecule has 0 aromatic carbocycles. The first-order valence-electron chi connectivity index (χ1n) is 10.6. The predicted molar refractivity (Wildman–Crippen MR) is 106 cm³/mol. The van der Waals surface area contributed by atoms with Gasteiger partial charge < -0.3 is 19.9 Å². The zero-order valence-electron chi connectivity index (χ0n) is 17.0. The van der Waals surface area contributed by atoms with Gasteiger partial charge in [-0.1, -0.05) is 13.3 Å². The molecule has 0 aromatic heterocycles. The van der Waals surface area contributed by atoms with Gasteiger partial charge in [0.15, 0.2) is 5.96 Å². The van der Waals surface area contributed by atoms with E-state index in [1.807, 2.05) is 6.92 Å². The van der Waals surface area contributed by atoms with E-state index in [-0.39, 0.29) is 11.9 Å². The lowest BCUT2D eigenvalue weighted by Crippen LogP contribution is -2.47. The molecule has 6 nitrogen and oxygen atoms in total. The highest BCUT2D eigenvalue weighted by molar-refractivity contribution is 5.80. The Kier molecular flexibility index (Phi) is 9.23. The lowest BCUT2D eigenvalue weighted by atomic mass is 9.97. The first-order chi connectivity index (χ1) is 12.6. The normalized spacial score (nSPS) is 21.5. The molecule has 0 aromatic rings. The molecule has 0 aliphatic carbocycles. The van der Waals surface area contributed by atoms with Crippen LogP contribution in [0.15, 0.2) is 4.99 Å². The molecule has 2 aliphatic heterocycles. The second-order valence-electron chi connectivity index (χ2n) is 7.67. The monoisotopic (exact) mass is 366 g/mol. The summed E-state index contributed by atoms with van der Waals surface area (Å²) in [5.41, 5.74) is 0. The molecular formula is C20H38N4O2. The minimum atomic E-state index is -0.0377. The Balaban J connectivity index is 1.81. The molecule has 2 saturated heterocycles. The number of rotatable bonds is 7. The molecule has 0 radical (unpaired) electrons. The number of likely N-dealkylation sites (tertiary alicyclic amines) is 2. The van der Waals surface area contributed by atoms with Gasteiger partial charge in [-0.3, -0.25) is 9.79 Å². The standard InChI is InChI=1S/C20H38N4O2/c1-4-21-20(22-15-17(3)16-23-11-7-6-8-12-23)24-13-9-18(10-14-24)19(25)26-5-2/h17-18H,4-16H2,1-3H3,(H,21,22). The molecule has 150 valence electrons. The zero-order valence-corrected chi connectivity index (χ0v) is 17.0. The van der Waals surface area contributed by atoms with Crippen LogP contribution in [0.4, 0.5) is 0 Å². The molecule has 2 aliphatic rings. The van der Waals surface area contributed by atoms with E-state index in [4.69, 9.17) is 9.73 Å². The highest BCUT2D eigenvalue weighted by Gasteiger charge is 2.27. The number of carbonyl (C=O) groups is 1. The summed E-state index contributed by atoms with van der Waals surface area (Å²) in [5, 5.41) is 3.43. The summed E-state index contributed by atoms with van der Waals surface area (Å²) in [7, 11) is 0. The molecule has 26 heavy (non-hydrogen) atoms. The molecule has 1 N–H and O–H groups in total. The number of nitrogens with zero attached hydrogens (tertiary/aromatic N) is 3. The van der Waals surface area contributed by atoms with Crippen LogP contribution >= 0.6 is 0 Å². The number of guanidine groups is 1. The maximum atomic E-state index is 11.9. The van der Waals surface area contributed by atoms with E-state index >= 15 is 0 Å². The number of hydrogen-bond acceptors (Lipinski definition) is 4. The molecule has 1 unspecified atom stereocenters. The van der Waals surface area contributed by atoms with Crippen LogP contribution in [0.2, 0.25) is 0 Å². The van der Waals surface area contributed by atoms with E-state index < -0.39 is 0 Å². The molecular weight excluding hydrogens is 328 g/mol. The van der Waals surface area contributed by atoms with Gasteiger partial charge in [0.1, 0.15) is 0 Å². The van der Waals surface area contributed by atoms with Gasteiger partial charge in [0.25, 0.3) is 0 Å². The van der Waals surface area contributed by atoms with Gasteiger partial charge >= 0.3 is 5.97 Å². The maximum absolute atomic E-state index is 11.9. The van der Waals surface area contributed by atoms with Crippen LogP contribution in [0.25, 0.3) is 0 Å². The van der Waals surface area contributed by atoms with Gasteiger partial charge in [0.2, 0.25) is 0 Å². The highest BCUT2D eigenvalue weighted by Crippen LogP contribution is 2.19. The van der Waals surface area contributed by atoms with Crippen LogP contribution in [-0.2, 0) is 9.53 Å². The summed E-state index contributed by atoms with van der Waals surface area (Å²) in [5.74, 6) is 1.58. The van der Waals surface area contributed by atoms with Crippen molar-refractivity contribution in [1.29, 1.82) is 0 Å². The summed E-state index contributed by atoms with van der Waals surface area (Å²) in [6.45, 7) is 13.9. The van der Waals surface area contributed by atoms with Crippen molar-refractivity contribution >= 4 is 11.9 Å². The first-order valence-corrected chi connectivity index (χ1v) is 10.6. The number of piperidine rings is 2. The topological polar surface area (TPSA) is 57.2 Å². The third-order valence-electron chi connectivity index (χ3n) is 5.32. The average Bonchev–Trinajstić information content (AvgIpc) is 2.66. The van der Waals surface area contributed by atoms with Crippen LogP contribution in [0, 0.1) is 11.8 Å². The van der Waals surface area contributed by atoms with Gasteiger partial charge in [0.05, 0.1) is 12.5 Å². The lowest BCUT2D eigenvalue weighted by Gasteiger charge is -2.33.